The Morgan fingerprint density at radius 1 is 1.29 bits per heavy atom. The van der Waals surface area contributed by atoms with Crippen LogP contribution in [0.25, 0.3) is 0 Å². The van der Waals surface area contributed by atoms with Gasteiger partial charge in [0.05, 0.1) is 17.9 Å². The minimum atomic E-state index is 0.668. The zero-order valence-corrected chi connectivity index (χ0v) is 10.0. The van der Waals surface area contributed by atoms with E-state index < -0.39 is 0 Å². The van der Waals surface area contributed by atoms with Gasteiger partial charge in [0, 0.05) is 6.54 Å². The van der Waals surface area contributed by atoms with Crippen LogP contribution in [0.5, 0.6) is 0 Å². The Morgan fingerprint density at radius 2 is 2.18 bits per heavy atom. The molecule has 2 aromatic heterocycles. The molecule has 1 N–H and O–H groups in total. The molecule has 2 heterocycles. The molecule has 0 saturated heterocycles. The van der Waals surface area contributed by atoms with Crippen LogP contribution in [-0.4, -0.2) is 26.3 Å². The fourth-order valence-electron chi connectivity index (χ4n) is 1.59. The topological polar surface area (TPSA) is 55.6 Å². The van der Waals surface area contributed by atoms with Gasteiger partial charge in [0.25, 0.3) is 0 Å². The van der Waals surface area contributed by atoms with Gasteiger partial charge in [-0.25, -0.2) is 9.67 Å². The van der Waals surface area contributed by atoms with Crippen molar-refractivity contribution in [3.05, 3.63) is 42.2 Å². The Bertz CT molecular complexity index is 438. The van der Waals surface area contributed by atoms with Crippen molar-refractivity contribution in [2.75, 3.05) is 6.54 Å². The molecule has 5 nitrogen and oxygen atoms in total. The minimum Gasteiger partial charge on any atom is -0.311 e. The van der Waals surface area contributed by atoms with E-state index in [0.29, 0.717) is 6.54 Å². The van der Waals surface area contributed by atoms with Gasteiger partial charge in [-0.2, -0.15) is 5.10 Å². The molecule has 90 valence electrons. The van der Waals surface area contributed by atoms with Gasteiger partial charge in [-0.3, -0.25) is 4.98 Å². The van der Waals surface area contributed by atoms with Gasteiger partial charge in [0.2, 0.25) is 0 Å². The average molecular weight is 231 g/mol. The summed E-state index contributed by atoms with van der Waals surface area (Å²) in [6.07, 6.45) is 4.37. The van der Waals surface area contributed by atoms with Gasteiger partial charge >= 0.3 is 0 Å². The summed E-state index contributed by atoms with van der Waals surface area (Å²) < 4.78 is 1.77. The lowest BCUT2D eigenvalue weighted by molar-refractivity contribution is 0.644. The Balaban J connectivity index is 1.96. The standard InChI is InChI=1S/C12H17N5/c1-2-6-13-7-11-4-3-5-12(16-11)8-17-10-14-9-15-17/h3-5,9-10,13H,2,6-8H2,1H3. The summed E-state index contributed by atoms with van der Waals surface area (Å²) in [5.74, 6) is 0. The molecule has 2 aromatic rings. The van der Waals surface area contributed by atoms with Gasteiger partial charge < -0.3 is 5.32 Å². The van der Waals surface area contributed by atoms with Crippen LogP contribution in [0.1, 0.15) is 24.7 Å². The number of hydrogen-bond acceptors (Lipinski definition) is 4. The van der Waals surface area contributed by atoms with Crippen molar-refractivity contribution in [1.29, 1.82) is 0 Å². The second-order valence-electron chi connectivity index (χ2n) is 3.89. The fraction of sp³-hybridized carbons (Fsp3) is 0.417. The highest BCUT2D eigenvalue weighted by Gasteiger charge is 1.99. The zero-order chi connectivity index (χ0) is 11.9. The smallest absolute Gasteiger partial charge is 0.137 e. The van der Waals surface area contributed by atoms with Crippen LogP contribution in [0.2, 0.25) is 0 Å². The van der Waals surface area contributed by atoms with E-state index >= 15 is 0 Å². The molecule has 0 aliphatic rings. The van der Waals surface area contributed by atoms with Crippen molar-refractivity contribution in [1.82, 2.24) is 25.1 Å². The zero-order valence-electron chi connectivity index (χ0n) is 10.0. The molecule has 5 heteroatoms. The van der Waals surface area contributed by atoms with Gasteiger partial charge in [0.15, 0.2) is 0 Å². The van der Waals surface area contributed by atoms with Crippen LogP contribution >= 0.6 is 0 Å². The van der Waals surface area contributed by atoms with Crippen LogP contribution in [0.4, 0.5) is 0 Å². The molecule has 0 bridgehead atoms. The number of aromatic nitrogens is 4. The maximum atomic E-state index is 4.57. The van der Waals surface area contributed by atoms with E-state index in [1.807, 2.05) is 18.2 Å². The second kappa shape index (κ2) is 6.10. The van der Waals surface area contributed by atoms with Gasteiger partial charge in [-0.1, -0.05) is 13.0 Å². The van der Waals surface area contributed by atoms with Crippen LogP contribution in [0.3, 0.4) is 0 Å². The third kappa shape index (κ3) is 3.64. The van der Waals surface area contributed by atoms with Crippen LogP contribution in [0.15, 0.2) is 30.9 Å². The highest BCUT2D eigenvalue weighted by Crippen LogP contribution is 2.01. The summed E-state index contributed by atoms with van der Waals surface area (Å²) >= 11 is 0. The van der Waals surface area contributed by atoms with Crippen molar-refractivity contribution in [2.45, 2.75) is 26.4 Å². The Hall–Kier alpha value is -1.75. The second-order valence-corrected chi connectivity index (χ2v) is 3.89. The molecule has 0 amide bonds. The predicted octanol–water partition coefficient (Wildman–Crippen LogP) is 1.22. The molecule has 0 aliphatic heterocycles. The summed E-state index contributed by atoms with van der Waals surface area (Å²) in [5, 5.41) is 7.41. The largest absolute Gasteiger partial charge is 0.311 e. The predicted molar refractivity (Wildman–Crippen MR) is 65.4 cm³/mol. The summed E-state index contributed by atoms with van der Waals surface area (Å²) in [5.41, 5.74) is 2.07. The molecule has 2 rings (SSSR count). The van der Waals surface area contributed by atoms with Crippen molar-refractivity contribution >= 4 is 0 Å². The van der Waals surface area contributed by atoms with Crippen LogP contribution in [0, 0.1) is 0 Å². The molecule has 0 radical (unpaired) electrons. The number of nitrogens with zero attached hydrogens (tertiary/aromatic N) is 4. The summed E-state index contributed by atoms with van der Waals surface area (Å²) in [7, 11) is 0. The van der Waals surface area contributed by atoms with E-state index in [9.17, 15) is 0 Å². The van der Waals surface area contributed by atoms with E-state index in [0.717, 1.165) is 30.9 Å². The first-order valence-electron chi connectivity index (χ1n) is 5.86. The van der Waals surface area contributed by atoms with E-state index in [-0.39, 0.29) is 0 Å². The van der Waals surface area contributed by atoms with Gasteiger partial charge in [0.1, 0.15) is 12.7 Å². The molecule has 0 unspecified atom stereocenters. The highest BCUT2D eigenvalue weighted by molar-refractivity contribution is 5.11. The minimum absolute atomic E-state index is 0.668. The van der Waals surface area contributed by atoms with Crippen LogP contribution in [-0.2, 0) is 13.1 Å². The molecule has 0 fully saturated rings. The van der Waals surface area contributed by atoms with Crippen molar-refractivity contribution in [3.63, 3.8) is 0 Å². The third-order valence-corrected chi connectivity index (χ3v) is 2.39. The van der Waals surface area contributed by atoms with Crippen LogP contribution < -0.4 is 5.32 Å². The molecule has 0 atom stereocenters. The molecule has 0 aliphatic carbocycles. The number of nitrogens with one attached hydrogen (secondary N) is 1. The lowest BCUT2D eigenvalue weighted by Gasteiger charge is -2.05. The average Bonchev–Trinajstić information content (AvgIpc) is 2.83. The quantitative estimate of drug-likeness (QED) is 0.759. The SMILES string of the molecule is CCCNCc1cccc(Cn2cncn2)n1. The van der Waals surface area contributed by atoms with Crippen molar-refractivity contribution in [2.24, 2.45) is 0 Å². The Kier molecular flexibility index (Phi) is 4.21. The Labute approximate surface area is 101 Å². The molecular formula is C12H17N5. The van der Waals surface area contributed by atoms with E-state index in [1.54, 1.807) is 11.0 Å². The molecule has 17 heavy (non-hydrogen) atoms. The highest BCUT2D eigenvalue weighted by atomic mass is 15.3. The first-order chi connectivity index (χ1) is 8.38. The molecule has 0 spiro atoms. The summed E-state index contributed by atoms with van der Waals surface area (Å²) in [4.78, 5) is 8.48. The lowest BCUT2D eigenvalue weighted by atomic mass is 10.3. The van der Waals surface area contributed by atoms with E-state index in [4.69, 9.17) is 0 Å². The van der Waals surface area contributed by atoms with E-state index in [1.165, 1.54) is 6.33 Å². The fourth-order valence-corrected chi connectivity index (χ4v) is 1.59. The third-order valence-electron chi connectivity index (χ3n) is 2.39. The monoisotopic (exact) mass is 231 g/mol. The van der Waals surface area contributed by atoms with E-state index in [2.05, 4.69) is 27.3 Å². The normalized spacial score (nSPS) is 10.6. The maximum absolute atomic E-state index is 4.57. The van der Waals surface area contributed by atoms with Crippen molar-refractivity contribution < 1.29 is 0 Å². The summed E-state index contributed by atoms with van der Waals surface area (Å²) in [6, 6.07) is 6.07. The first-order valence-corrected chi connectivity index (χ1v) is 5.86. The van der Waals surface area contributed by atoms with Crippen molar-refractivity contribution in [3.8, 4) is 0 Å². The molecule has 0 aromatic carbocycles. The lowest BCUT2D eigenvalue weighted by Crippen LogP contribution is -2.15. The maximum Gasteiger partial charge on any atom is 0.137 e. The number of hydrogen-bond donors (Lipinski definition) is 1. The Morgan fingerprint density at radius 3 is 2.94 bits per heavy atom. The number of pyridine rings is 1. The summed E-state index contributed by atoms with van der Waals surface area (Å²) in [6.45, 7) is 4.66. The van der Waals surface area contributed by atoms with Gasteiger partial charge in [-0.05, 0) is 25.1 Å². The number of rotatable bonds is 6. The molecular weight excluding hydrogens is 214 g/mol. The van der Waals surface area contributed by atoms with Gasteiger partial charge in [-0.15, -0.1) is 0 Å². The first kappa shape index (κ1) is 11.7. The molecule has 0 saturated carbocycles.